The predicted molar refractivity (Wildman–Crippen MR) is 54.0 cm³/mol. The van der Waals surface area contributed by atoms with Gasteiger partial charge in [-0.25, -0.2) is 0 Å². The molecule has 1 rings (SSSR count). The third-order valence-corrected chi connectivity index (χ3v) is 4.01. The van der Waals surface area contributed by atoms with Gasteiger partial charge in [0.15, 0.2) is 0 Å². The normalized spacial score (nSPS) is 17.5. The average molecular weight is 166 g/mol. The average Bonchev–Trinajstić information content (AvgIpc) is 2.41. The van der Waals surface area contributed by atoms with Crippen molar-refractivity contribution >= 4 is 25.8 Å². The first-order chi connectivity index (χ1) is 5.06. The Morgan fingerprint density at radius 2 is 1.55 bits per heavy atom. The van der Waals surface area contributed by atoms with E-state index < -0.39 is 8.07 Å². The van der Waals surface area contributed by atoms with Crippen LogP contribution in [0.3, 0.4) is 0 Å². The molecule has 62 valence electrons. The summed E-state index contributed by atoms with van der Waals surface area (Å²) in [5.74, 6) is 0. The zero-order valence-corrected chi connectivity index (χ0v) is 9.44. The Morgan fingerprint density at radius 3 is 1.64 bits per heavy atom. The molecule has 0 spiro atoms. The van der Waals surface area contributed by atoms with Crippen molar-refractivity contribution in [3.05, 3.63) is 0 Å². The van der Waals surface area contributed by atoms with Crippen molar-refractivity contribution in [2.45, 2.75) is 37.2 Å². The van der Waals surface area contributed by atoms with Crippen molar-refractivity contribution in [2.24, 2.45) is 0 Å². The van der Waals surface area contributed by atoms with Crippen LogP contribution in [0.25, 0.3) is 0 Å². The Balaban J connectivity index is 0.000000183. The summed E-state index contributed by atoms with van der Waals surface area (Å²) in [5, 5.41) is 0. The number of ether oxygens (including phenoxy) is 1. The molecule has 0 unspecified atom stereocenters. The zero-order valence-electron chi connectivity index (χ0n) is 8.44. The van der Waals surface area contributed by atoms with Crippen molar-refractivity contribution in [1.29, 1.82) is 0 Å². The Morgan fingerprint density at radius 1 is 1.18 bits per heavy atom. The fourth-order valence-electron chi connectivity index (χ4n) is 0.510. The van der Waals surface area contributed by atoms with E-state index in [1.165, 1.54) is 17.6 Å². The molecule has 1 saturated heterocycles. The first-order valence-electron chi connectivity index (χ1n) is 4.64. The van der Waals surface area contributed by atoms with Gasteiger partial charge in [-0.05, 0) is 12.8 Å². The van der Waals surface area contributed by atoms with Crippen molar-refractivity contribution in [3.63, 3.8) is 0 Å². The summed E-state index contributed by atoms with van der Waals surface area (Å²) in [6.45, 7) is 9.15. The van der Waals surface area contributed by atoms with Crippen LogP contribution in [0, 0.1) is 0 Å². The maximum absolute atomic E-state index is 4.94. The van der Waals surface area contributed by atoms with Crippen LogP contribution in [0.15, 0.2) is 0 Å². The summed E-state index contributed by atoms with van der Waals surface area (Å²) in [6.07, 6.45) is 2.56. The third-order valence-electron chi connectivity index (χ3n) is 1.89. The fraction of sp³-hybridized carbons (Fsp3) is 1.00. The van der Waals surface area contributed by atoms with Crippen LogP contribution >= 0.6 is 0 Å². The second kappa shape index (κ2) is 6.31. The molecule has 0 saturated carbocycles. The molecule has 0 bridgehead atoms. The molecular formula is C8H19LiOSi. The van der Waals surface area contributed by atoms with Gasteiger partial charge in [-0.2, -0.15) is 0 Å². The van der Waals surface area contributed by atoms with Crippen LogP contribution in [0.1, 0.15) is 12.8 Å². The molecule has 1 aliphatic heterocycles. The van der Waals surface area contributed by atoms with Gasteiger partial charge >= 0.3 is 50.1 Å². The molecule has 1 nitrogen and oxygen atoms in total. The van der Waals surface area contributed by atoms with E-state index in [4.69, 9.17) is 4.74 Å². The van der Waals surface area contributed by atoms with Gasteiger partial charge in [-0.15, -0.1) is 0 Å². The Bertz CT molecular complexity index is 79.0. The Kier molecular flexibility index (Phi) is 6.75. The minimum atomic E-state index is -0.631. The standard InChI is InChI=1S/C4H8O.C4H11Si.Li/c1-2-4-5-3-1;1-5(2,3)4;/h1-4H2;1H2,2-4H3;. The molecule has 1 heterocycles. The second-order valence-electron chi connectivity index (χ2n) is 4.23. The van der Waals surface area contributed by atoms with E-state index in [0.717, 1.165) is 13.2 Å². The molecule has 11 heavy (non-hydrogen) atoms. The maximum atomic E-state index is 4.94. The number of hydrogen-bond acceptors (Lipinski definition) is 1. The molecule has 1 fully saturated rings. The Hall–Kier alpha value is 0.774. The topological polar surface area (TPSA) is 9.23 Å². The monoisotopic (exact) mass is 166 g/mol. The minimum absolute atomic E-state index is 0.631. The molecular weight excluding hydrogens is 147 g/mol. The van der Waals surface area contributed by atoms with Crippen LogP contribution in [0.2, 0.25) is 24.4 Å². The van der Waals surface area contributed by atoms with Crippen molar-refractivity contribution in [3.8, 4) is 0 Å². The molecule has 3 heteroatoms. The summed E-state index contributed by atoms with van der Waals surface area (Å²) in [6, 6.07) is 0. The van der Waals surface area contributed by atoms with Crippen LogP contribution in [0.4, 0.5) is 0 Å². The van der Waals surface area contributed by atoms with E-state index in [1.54, 1.807) is 0 Å². The summed E-state index contributed by atoms with van der Waals surface area (Å²) in [5.41, 5.74) is 0. The quantitative estimate of drug-likeness (QED) is 0.543. The number of rotatable bonds is 1. The van der Waals surface area contributed by atoms with E-state index in [0.29, 0.717) is 0 Å². The zero-order chi connectivity index (χ0) is 8.74. The molecule has 0 amide bonds. The first kappa shape index (κ1) is 11.8. The van der Waals surface area contributed by atoms with Gasteiger partial charge in [-0.1, -0.05) is 0 Å². The molecule has 0 aromatic carbocycles. The second-order valence-corrected chi connectivity index (χ2v) is 10.1. The first-order valence-corrected chi connectivity index (χ1v) is 8.35. The fourth-order valence-corrected chi connectivity index (χ4v) is 0.510. The van der Waals surface area contributed by atoms with Gasteiger partial charge in [0.25, 0.3) is 0 Å². The van der Waals surface area contributed by atoms with E-state index in [9.17, 15) is 0 Å². The molecule has 0 radical (unpaired) electrons. The van der Waals surface area contributed by atoms with Crippen molar-refractivity contribution in [2.75, 3.05) is 13.2 Å². The van der Waals surface area contributed by atoms with E-state index in [-0.39, 0.29) is 0 Å². The van der Waals surface area contributed by atoms with E-state index in [1.807, 2.05) is 0 Å². The summed E-state index contributed by atoms with van der Waals surface area (Å²) < 4.78 is 6.35. The molecule has 0 atom stereocenters. The number of hydrogen-bond donors (Lipinski definition) is 0. The predicted octanol–water partition coefficient (Wildman–Crippen LogP) is 2.25. The van der Waals surface area contributed by atoms with Crippen LogP contribution in [-0.4, -0.2) is 39.0 Å². The molecule has 1 aliphatic rings. The van der Waals surface area contributed by atoms with Gasteiger partial charge in [-0.3, -0.25) is 0 Å². The van der Waals surface area contributed by atoms with Gasteiger partial charge in [0.1, 0.15) is 0 Å². The van der Waals surface area contributed by atoms with Gasteiger partial charge < -0.3 is 4.74 Å². The summed E-state index contributed by atoms with van der Waals surface area (Å²) in [4.78, 5) is 0. The Labute approximate surface area is 81.1 Å². The third kappa shape index (κ3) is 10.8. The summed E-state index contributed by atoms with van der Waals surface area (Å²) in [7, 11) is -0.631. The van der Waals surface area contributed by atoms with E-state index >= 15 is 0 Å². The SMILES string of the molecule is C1CCOC1.[Li][CH2][Si](C)(C)C. The molecule has 0 aromatic heterocycles. The molecule has 0 aromatic rings. The van der Waals surface area contributed by atoms with Crippen molar-refractivity contribution in [1.82, 2.24) is 0 Å². The van der Waals surface area contributed by atoms with Gasteiger partial charge in [0, 0.05) is 13.2 Å². The molecule has 0 aliphatic carbocycles. The van der Waals surface area contributed by atoms with Gasteiger partial charge in [0.2, 0.25) is 0 Å². The van der Waals surface area contributed by atoms with Crippen LogP contribution < -0.4 is 0 Å². The van der Waals surface area contributed by atoms with Crippen LogP contribution in [0.5, 0.6) is 0 Å². The van der Waals surface area contributed by atoms with Gasteiger partial charge in [0.05, 0.1) is 0 Å². The van der Waals surface area contributed by atoms with Crippen molar-refractivity contribution < 1.29 is 4.74 Å². The van der Waals surface area contributed by atoms with E-state index in [2.05, 4.69) is 37.4 Å². The van der Waals surface area contributed by atoms with Crippen LogP contribution in [-0.2, 0) is 4.74 Å². The molecule has 0 N–H and O–H groups in total. The summed E-state index contributed by atoms with van der Waals surface area (Å²) >= 11 is 2.27.